The van der Waals surface area contributed by atoms with Gasteiger partial charge in [0, 0.05) is 0 Å². The molecule has 0 aromatic rings. The van der Waals surface area contributed by atoms with Gasteiger partial charge in [-0.2, -0.15) is 0 Å². The Hall–Kier alpha value is -0.690. The zero-order valence-electron chi connectivity index (χ0n) is 9.02. The number of nitrogens with two attached hydrogens (primary N) is 4. The Morgan fingerprint density at radius 3 is 2.13 bits per heavy atom. The van der Waals surface area contributed by atoms with Crippen LogP contribution in [0.4, 0.5) is 0 Å². The number of esters is 1. The van der Waals surface area contributed by atoms with Crippen LogP contribution in [0.15, 0.2) is 0 Å². The Kier molecular flexibility index (Phi) is 8.21. The van der Waals surface area contributed by atoms with E-state index in [4.69, 9.17) is 27.7 Å². The maximum Gasteiger partial charge on any atom is 0.324 e. The minimum absolute atomic E-state index is 0.465. The Morgan fingerprint density at radius 1 is 1.07 bits per heavy atom. The lowest BCUT2D eigenvalue weighted by molar-refractivity contribution is -0.150. The van der Waals surface area contributed by atoms with Crippen LogP contribution in [0.3, 0.4) is 0 Å². The molecule has 0 saturated carbocycles. The first kappa shape index (κ1) is 14.3. The van der Waals surface area contributed by atoms with Gasteiger partial charge in [0.2, 0.25) is 0 Å². The number of ether oxygens (including phenoxy) is 1. The van der Waals surface area contributed by atoms with Crippen molar-refractivity contribution in [3.05, 3.63) is 0 Å². The van der Waals surface area contributed by atoms with Crippen molar-refractivity contribution in [2.24, 2.45) is 22.9 Å². The van der Waals surface area contributed by atoms with E-state index in [0.29, 0.717) is 32.4 Å². The van der Waals surface area contributed by atoms with Gasteiger partial charge in [-0.15, -0.1) is 0 Å². The lowest BCUT2D eigenvalue weighted by atomic mass is 10.2. The minimum Gasteiger partial charge on any atom is -0.446 e. The smallest absolute Gasteiger partial charge is 0.324 e. The van der Waals surface area contributed by atoms with Crippen LogP contribution >= 0.6 is 0 Å². The van der Waals surface area contributed by atoms with Gasteiger partial charge < -0.3 is 21.9 Å². The van der Waals surface area contributed by atoms with E-state index in [1.165, 1.54) is 0 Å². The highest BCUT2D eigenvalue weighted by molar-refractivity contribution is 5.75. The first-order chi connectivity index (χ1) is 7.11. The van der Waals surface area contributed by atoms with Crippen LogP contribution in [-0.4, -0.2) is 31.3 Å². The molecule has 0 spiro atoms. The summed E-state index contributed by atoms with van der Waals surface area (Å²) in [7, 11) is 0. The molecular weight excluding hydrogens is 196 g/mol. The van der Waals surface area contributed by atoms with E-state index in [0.717, 1.165) is 6.42 Å². The molecule has 0 aromatic carbocycles. The van der Waals surface area contributed by atoms with Crippen molar-refractivity contribution in [3.63, 3.8) is 0 Å². The van der Waals surface area contributed by atoms with Gasteiger partial charge in [-0.25, -0.2) is 0 Å². The number of hydrogen-bond acceptors (Lipinski definition) is 6. The highest BCUT2D eigenvalue weighted by atomic mass is 16.6. The van der Waals surface area contributed by atoms with E-state index < -0.39 is 18.2 Å². The quantitative estimate of drug-likeness (QED) is 0.293. The summed E-state index contributed by atoms with van der Waals surface area (Å²) in [5.74, 6) is -0.465. The summed E-state index contributed by atoms with van der Waals surface area (Å²) in [6.45, 7) is 1.05. The summed E-state index contributed by atoms with van der Waals surface area (Å²) in [5.41, 5.74) is 21.7. The molecular formula is C9H22N4O2. The second kappa shape index (κ2) is 8.60. The minimum atomic E-state index is -0.627. The molecule has 2 atom stereocenters. The molecule has 0 rings (SSSR count). The summed E-state index contributed by atoms with van der Waals surface area (Å²) in [5, 5.41) is 0. The van der Waals surface area contributed by atoms with Crippen LogP contribution in [0.1, 0.15) is 25.7 Å². The monoisotopic (exact) mass is 218 g/mol. The Bertz CT molecular complexity index is 177. The molecule has 0 radical (unpaired) electrons. The molecule has 15 heavy (non-hydrogen) atoms. The molecule has 0 heterocycles. The van der Waals surface area contributed by atoms with E-state index in [1.54, 1.807) is 0 Å². The number of carbonyl (C=O) groups is 1. The third kappa shape index (κ3) is 7.26. The van der Waals surface area contributed by atoms with Crippen molar-refractivity contribution < 1.29 is 9.53 Å². The molecule has 6 nitrogen and oxygen atoms in total. The molecule has 0 saturated heterocycles. The highest BCUT2D eigenvalue weighted by Crippen LogP contribution is 2.00. The number of carbonyl (C=O) groups excluding carboxylic acids is 1. The Labute approximate surface area is 90.3 Å². The molecule has 0 aliphatic heterocycles. The maximum absolute atomic E-state index is 11.3. The van der Waals surface area contributed by atoms with E-state index in [1.807, 2.05) is 0 Å². The Morgan fingerprint density at radius 2 is 1.60 bits per heavy atom. The summed E-state index contributed by atoms with van der Waals surface area (Å²) in [6, 6.07) is -0.627. The SMILES string of the molecule is NCCCC(N)OC(=O)[C@H](N)CCCN. The van der Waals surface area contributed by atoms with E-state index in [2.05, 4.69) is 0 Å². The summed E-state index contributed by atoms with van der Waals surface area (Å²) in [4.78, 5) is 11.3. The fraction of sp³-hybridized carbons (Fsp3) is 0.889. The second-order valence-electron chi connectivity index (χ2n) is 3.44. The van der Waals surface area contributed by atoms with Gasteiger partial charge in [0.25, 0.3) is 0 Å². The molecule has 0 bridgehead atoms. The van der Waals surface area contributed by atoms with Gasteiger partial charge in [-0.3, -0.25) is 10.5 Å². The van der Waals surface area contributed by atoms with Crippen LogP contribution in [0, 0.1) is 0 Å². The number of hydrogen-bond donors (Lipinski definition) is 4. The van der Waals surface area contributed by atoms with Crippen molar-refractivity contribution in [2.45, 2.75) is 38.0 Å². The molecule has 6 heteroatoms. The van der Waals surface area contributed by atoms with Gasteiger partial charge in [0.05, 0.1) is 0 Å². The van der Waals surface area contributed by atoms with Gasteiger partial charge in [0.15, 0.2) is 6.23 Å². The van der Waals surface area contributed by atoms with Crippen LogP contribution < -0.4 is 22.9 Å². The predicted octanol–water partition coefficient (Wildman–Crippen LogP) is -1.38. The third-order valence-electron chi connectivity index (χ3n) is 1.98. The highest BCUT2D eigenvalue weighted by Gasteiger charge is 2.17. The fourth-order valence-electron chi connectivity index (χ4n) is 1.07. The van der Waals surface area contributed by atoms with Crippen molar-refractivity contribution in [1.82, 2.24) is 0 Å². The molecule has 1 unspecified atom stereocenters. The van der Waals surface area contributed by atoms with Crippen LogP contribution in [-0.2, 0) is 9.53 Å². The molecule has 0 amide bonds. The summed E-state index contributed by atoms with van der Waals surface area (Å²) >= 11 is 0. The molecule has 90 valence electrons. The van der Waals surface area contributed by atoms with Crippen molar-refractivity contribution in [3.8, 4) is 0 Å². The largest absolute Gasteiger partial charge is 0.446 e. The van der Waals surface area contributed by atoms with Gasteiger partial charge in [-0.05, 0) is 38.8 Å². The Balaban J connectivity index is 3.70. The number of rotatable bonds is 8. The van der Waals surface area contributed by atoms with Crippen molar-refractivity contribution >= 4 is 5.97 Å². The standard InChI is InChI=1S/C9H22N4O2/c10-5-1-3-7(12)9(14)15-8(13)4-2-6-11/h7-8H,1-6,10-13H2/t7-,8?/m1/s1. The molecule has 0 fully saturated rings. The van der Waals surface area contributed by atoms with Gasteiger partial charge >= 0.3 is 5.97 Å². The first-order valence-corrected chi connectivity index (χ1v) is 5.23. The fourth-order valence-corrected chi connectivity index (χ4v) is 1.07. The van der Waals surface area contributed by atoms with Gasteiger partial charge in [0.1, 0.15) is 6.04 Å². The van der Waals surface area contributed by atoms with Crippen LogP contribution in [0.25, 0.3) is 0 Å². The second-order valence-corrected chi connectivity index (χ2v) is 3.44. The molecule has 8 N–H and O–H groups in total. The maximum atomic E-state index is 11.3. The first-order valence-electron chi connectivity index (χ1n) is 5.23. The van der Waals surface area contributed by atoms with Crippen molar-refractivity contribution in [1.29, 1.82) is 0 Å². The topological polar surface area (TPSA) is 130 Å². The average molecular weight is 218 g/mol. The van der Waals surface area contributed by atoms with Gasteiger partial charge in [-0.1, -0.05) is 0 Å². The average Bonchev–Trinajstić information content (AvgIpc) is 2.22. The normalized spacial score (nSPS) is 14.7. The van der Waals surface area contributed by atoms with Crippen LogP contribution in [0.2, 0.25) is 0 Å². The third-order valence-corrected chi connectivity index (χ3v) is 1.98. The van der Waals surface area contributed by atoms with Crippen LogP contribution in [0.5, 0.6) is 0 Å². The predicted molar refractivity (Wildman–Crippen MR) is 58.6 cm³/mol. The zero-order valence-corrected chi connectivity index (χ0v) is 9.02. The lowest BCUT2D eigenvalue weighted by Crippen LogP contribution is -2.38. The van der Waals surface area contributed by atoms with E-state index >= 15 is 0 Å². The summed E-state index contributed by atoms with van der Waals surface area (Å²) in [6.07, 6.45) is 1.91. The lowest BCUT2D eigenvalue weighted by Gasteiger charge is -2.16. The molecule has 0 aliphatic carbocycles. The zero-order chi connectivity index (χ0) is 11.7. The molecule has 0 aromatic heterocycles. The van der Waals surface area contributed by atoms with E-state index in [9.17, 15) is 4.79 Å². The summed E-state index contributed by atoms with van der Waals surface area (Å²) < 4.78 is 4.93. The van der Waals surface area contributed by atoms with Crippen molar-refractivity contribution in [2.75, 3.05) is 13.1 Å². The molecule has 0 aliphatic rings. The van der Waals surface area contributed by atoms with E-state index in [-0.39, 0.29) is 0 Å².